The maximum Gasteiger partial charge on any atom is 0.0407 e. The van der Waals surface area contributed by atoms with E-state index in [1.807, 2.05) is 22.9 Å². The first-order valence-corrected chi connectivity index (χ1v) is 5.37. The fourth-order valence-electron chi connectivity index (χ4n) is 0.656. The normalized spacial score (nSPS) is 8.77. The molecule has 1 heterocycles. The minimum absolute atomic E-state index is 0.717. The van der Waals surface area contributed by atoms with Gasteiger partial charge in [-0.3, -0.25) is 0 Å². The summed E-state index contributed by atoms with van der Waals surface area (Å²) in [5, 5.41) is 5.52. The van der Waals surface area contributed by atoms with E-state index in [4.69, 9.17) is 23.2 Å². The number of benzene rings is 1. The van der Waals surface area contributed by atoms with Crippen LogP contribution in [0.4, 0.5) is 0 Å². The van der Waals surface area contributed by atoms with Gasteiger partial charge >= 0.3 is 0 Å². The zero-order chi connectivity index (χ0) is 9.52. The van der Waals surface area contributed by atoms with Crippen molar-refractivity contribution in [1.82, 2.24) is 0 Å². The molecule has 1 aromatic heterocycles. The molecule has 0 amide bonds. The minimum Gasteiger partial charge on any atom is -0.152 e. The fourth-order valence-corrected chi connectivity index (χ4v) is 1.36. The molecule has 0 aliphatic heterocycles. The average molecular weight is 231 g/mol. The molecule has 0 spiro atoms. The summed E-state index contributed by atoms with van der Waals surface area (Å²) < 4.78 is 0. The Kier molecular flexibility index (Phi) is 4.91. The van der Waals surface area contributed by atoms with Gasteiger partial charge in [-0.25, -0.2) is 0 Å². The highest BCUT2D eigenvalue weighted by molar-refractivity contribution is 7.07. The lowest BCUT2D eigenvalue weighted by Crippen LogP contribution is -1.60. The largest absolute Gasteiger partial charge is 0.152 e. The third-order valence-electron chi connectivity index (χ3n) is 1.23. The molecule has 0 fully saturated rings. The maximum atomic E-state index is 5.55. The number of thiophene rings is 1. The van der Waals surface area contributed by atoms with Gasteiger partial charge in [-0.2, -0.15) is 11.3 Å². The Hall–Kier alpha value is -0.500. The number of hydrogen-bond acceptors (Lipinski definition) is 1. The summed E-state index contributed by atoms with van der Waals surface area (Å²) >= 11 is 12.8. The van der Waals surface area contributed by atoms with Crippen LogP contribution in [0.2, 0.25) is 10.0 Å². The maximum absolute atomic E-state index is 5.55. The highest BCUT2D eigenvalue weighted by Crippen LogP contribution is 2.12. The zero-order valence-corrected chi connectivity index (χ0v) is 9.11. The van der Waals surface area contributed by atoms with Crippen LogP contribution < -0.4 is 0 Å². The summed E-state index contributed by atoms with van der Waals surface area (Å²) in [7, 11) is 0. The summed E-state index contributed by atoms with van der Waals surface area (Å²) in [6, 6.07) is 11.1. The summed E-state index contributed by atoms with van der Waals surface area (Å²) in [6.07, 6.45) is 0. The molecule has 0 unspecified atom stereocenters. The molecule has 0 aliphatic rings. The van der Waals surface area contributed by atoms with E-state index in [2.05, 4.69) is 0 Å². The van der Waals surface area contributed by atoms with E-state index >= 15 is 0 Å². The van der Waals surface area contributed by atoms with Crippen molar-refractivity contribution >= 4 is 34.5 Å². The quantitative estimate of drug-likeness (QED) is 0.614. The zero-order valence-electron chi connectivity index (χ0n) is 6.78. The number of hydrogen-bond donors (Lipinski definition) is 0. The van der Waals surface area contributed by atoms with E-state index in [0.29, 0.717) is 0 Å². The lowest BCUT2D eigenvalue weighted by Gasteiger charge is -1.86. The van der Waals surface area contributed by atoms with Crippen LogP contribution in [0.3, 0.4) is 0 Å². The van der Waals surface area contributed by atoms with Crippen LogP contribution in [0, 0.1) is 0 Å². The highest BCUT2D eigenvalue weighted by atomic mass is 35.5. The molecule has 0 aliphatic carbocycles. The Balaban J connectivity index is 0.000000145. The summed E-state index contributed by atoms with van der Waals surface area (Å²) in [6.45, 7) is 0. The monoisotopic (exact) mass is 230 g/mol. The molecule has 0 N–H and O–H groups in total. The molecule has 0 saturated heterocycles. The van der Waals surface area contributed by atoms with Crippen molar-refractivity contribution in [3.8, 4) is 0 Å². The van der Waals surface area contributed by atoms with Crippen LogP contribution in [-0.2, 0) is 0 Å². The van der Waals surface area contributed by atoms with Gasteiger partial charge in [-0.1, -0.05) is 35.3 Å². The Bertz CT molecular complexity index is 275. The molecular weight excluding hydrogens is 223 g/mol. The molecule has 68 valence electrons. The SMILES string of the molecule is Clc1ccc(Cl)cc1.c1ccsc1. The molecule has 0 atom stereocenters. The standard InChI is InChI=1S/C6H4Cl2.C4H4S/c7-5-1-2-6(8)4-3-5;1-2-4-5-3-1/h1-4H;1-4H. The van der Waals surface area contributed by atoms with Gasteiger partial charge in [0.2, 0.25) is 0 Å². The van der Waals surface area contributed by atoms with Crippen molar-refractivity contribution in [2.24, 2.45) is 0 Å². The van der Waals surface area contributed by atoms with Crippen molar-refractivity contribution in [3.63, 3.8) is 0 Å². The van der Waals surface area contributed by atoms with Gasteiger partial charge in [0, 0.05) is 10.0 Å². The summed E-state index contributed by atoms with van der Waals surface area (Å²) in [5.74, 6) is 0. The smallest absolute Gasteiger partial charge is 0.0407 e. The molecule has 0 radical (unpaired) electrons. The van der Waals surface area contributed by atoms with Crippen molar-refractivity contribution in [3.05, 3.63) is 57.2 Å². The first-order chi connectivity index (χ1) is 6.29. The van der Waals surface area contributed by atoms with Gasteiger partial charge in [-0.05, 0) is 35.0 Å². The predicted octanol–water partition coefficient (Wildman–Crippen LogP) is 4.74. The molecule has 0 saturated carbocycles. The molecule has 0 nitrogen and oxygen atoms in total. The Morgan fingerprint density at radius 3 is 1.38 bits per heavy atom. The first kappa shape index (κ1) is 10.6. The Morgan fingerprint density at radius 2 is 1.15 bits per heavy atom. The van der Waals surface area contributed by atoms with E-state index < -0.39 is 0 Å². The lowest BCUT2D eigenvalue weighted by atomic mass is 10.4. The average Bonchev–Trinajstić information content (AvgIpc) is 2.68. The van der Waals surface area contributed by atoms with Crippen molar-refractivity contribution < 1.29 is 0 Å². The molecule has 2 aromatic rings. The highest BCUT2D eigenvalue weighted by Gasteiger charge is 1.83. The van der Waals surface area contributed by atoms with Crippen molar-refractivity contribution in [2.45, 2.75) is 0 Å². The van der Waals surface area contributed by atoms with Gasteiger partial charge in [-0.15, -0.1) is 0 Å². The third-order valence-corrected chi connectivity index (χ3v) is 2.36. The van der Waals surface area contributed by atoms with Crippen LogP contribution in [0.25, 0.3) is 0 Å². The Labute approximate surface area is 91.7 Å². The molecule has 1 aromatic carbocycles. The second-order valence-electron chi connectivity index (χ2n) is 2.23. The van der Waals surface area contributed by atoms with Crippen molar-refractivity contribution in [2.75, 3.05) is 0 Å². The number of rotatable bonds is 0. The van der Waals surface area contributed by atoms with Gasteiger partial charge < -0.3 is 0 Å². The fraction of sp³-hybridized carbons (Fsp3) is 0. The summed E-state index contributed by atoms with van der Waals surface area (Å²) in [4.78, 5) is 0. The van der Waals surface area contributed by atoms with Gasteiger partial charge in [0.25, 0.3) is 0 Å². The second kappa shape index (κ2) is 6.03. The molecule has 0 bridgehead atoms. The van der Waals surface area contributed by atoms with Crippen LogP contribution in [0.15, 0.2) is 47.2 Å². The first-order valence-electron chi connectivity index (χ1n) is 3.67. The van der Waals surface area contributed by atoms with Gasteiger partial charge in [0.15, 0.2) is 0 Å². The van der Waals surface area contributed by atoms with Crippen LogP contribution in [-0.4, -0.2) is 0 Å². The second-order valence-corrected chi connectivity index (χ2v) is 3.92. The molecule has 3 heteroatoms. The van der Waals surface area contributed by atoms with Crippen molar-refractivity contribution in [1.29, 1.82) is 0 Å². The van der Waals surface area contributed by atoms with Crippen LogP contribution >= 0.6 is 34.5 Å². The van der Waals surface area contributed by atoms with E-state index in [0.717, 1.165) is 10.0 Å². The summed E-state index contributed by atoms with van der Waals surface area (Å²) in [5.41, 5.74) is 0. The molecule has 2 rings (SSSR count). The molecular formula is C10H8Cl2S. The molecule has 13 heavy (non-hydrogen) atoms. The van der Waals surface area contributed by atoms with E-state index in [9.17, 15) is 0 Å². The van der Waals surface area contributed by atoms with Crippen LogP contribution in [0.1, 0.15) is 0 Å². The van der Waals surface area contributed by atoms with E-state index in [1.165, 1.54) is 0 Å². The minimum atomic E-state index is 0.717. The Morgan fingerprint density at radius 1 is 0.769 bits per heavy atom. The third kappa shape index (κ3) is 4.94. The van der Waals surface area contributed by atoms with E-state index in [1.54, 1.807) is 35.6 Å². The topological polar surface area (TPSA) is 0 Å². The van der Waals surface area contributed by atoms with Gasteiger partial charge in [0.05, 0.1) is 0 Å². The lowest BCUT2D eigenvalue weighted by molar-refractivity contribution is 1.71. The van der Waals surface area contributed by atoms with Gasteiger partial charge in [0.1, 0.15) is 0 Å². The number of halogens is 2. The van der Waals surface area contributed by atoms with E-state index in [-0.39, 0.29) is 0 Å². The predicted molar refractivity (Wildman–Crippen MR) is 60.8 cm³/mol. The van der Waals surface area contributed by atoms with Crippen LogP contribution in [0.5, 0.6) is 0 Å².